The number of hydrogen-bond donors (Lipinski definition) is 0. The Hall–Kier alpha value is -1.31. The third-order valence-corrected chi connectivity index (χ3v) is 1.91. The lowest BCUT2D eigenvalue weighted by Gasteiger charge is -2.06. The summed E-state index contributed by atoms with van der Waals surface area (Å²) in [6, 6.07) is 0. The van der Waals surface area contributed by atoms with Crippen LogP contribution in [0.5, 0.6) is 0 Å². The van der Waals surface area contributed by atoms with Crippen LogP contribution in [0.1, 0.15) is 6.92 Å². The molecule has 1 amide bonds. The molecule has 1 aliphatic rings. The molecule has 0 spiro atoms. The van der Waals surface area contributed by atoms with Gasteiger partial charge in [0.1, 0.15) is 0 Å². The molecule has 1 aliphatic heterocycles. The number of carbonyl (C=O) groups is 1. The van der Waals surface area contributed by atoms with Gasteiger partial charge in [-0.05, 0) is 12.5 Å². The van der Waals surface area contributed by atoms with Gasteiger partial charge in [-0.25, -0.2) is 0 Å². The smallest absolute Gasteiger partial charge is 0.254 e. The van der Waals surface area contributed by atoms with Gasteiger partial charge in [-0.1, -0.05) is 24.8 Å². The predicted molar refractivity (Wildman–Crippen MR) is 49.7 cm³/mol. The normalized spacial score (nSPS) is 18.2. The molecule has 0 radical (unpaired) electrons. The standard InChI is InChI=1S/C10H13NO/c1-4-6-9-8(5-2)7-11(3)10(9)12/h4-6H,2,7H2,1,3H3/b6-4-. The number of carbonyl (C=O) groups excluding carboxylic acids is 1. The van der Waals surface area contributed by atoms with Gasteiger partial charge in [-0.3, -0.25) is 4.79 Å². The molecule has 12 heavy (non-hydrogen) atoms. The second-order valence-corrected chi connectivity index (χ2v) is 2.80. The van der Waals surface area contributed by atoms with Crippen LogP contribution in [-0.4, -0.2) is 24.4 Å². The first-order valence-corrected chi connectivity index (χ1v) is 3.94. The lowest BCUT2D eigenvalue weighted by molar-refractivity contribution is -0.124. The average molecular weight is 163 g/mol. The van der Waals surface area contributed by atoms with Gasteiger partial charge < -0.3 is 4.90 Å². The van der Waals surface area contributed by atoms with Crippen molar-refractivity contribution in [3.8, 4) is 0 Å². The number of allylic oxidation sites excluding steroid dienone is 1. The summed E-state index contributed by atoms with van der Waals surface area (Å²) in [5.41, 5.74) is 1.79. The lowest BCUT2D eigenvalue weighted by Crippen LogP contribution is -2.21. The van der Waals surface area contributed by atoms with Gasteiger partial charge in [0.15, 0.2) is 0 Å². The molecule has 0 atom stereocenters. The molecule has 0 aromatic carbocycles. The van der Waals surface area contributed by atoms with Crippen molar-refractivity contribution in [2.24, 2.45) is 0 Å². The van der Waals surface area contributed by atoms with Gasteiger partial charge in [0, 0.05) is 19.2 Å². The fraction of sp³-hybridized carbons (Fsp3) is 0.300. The second kappa shape index (κ2) is 3.39. The van der Waals surface area contributed by atoms with Crippen molar-refractivity contribution in [2.75, 3.05) is 13.6 Å². The Morgan fingerprint density at radius 2 is 2.25 bits per heavy atom. The minimum atomic E-state index is 0.0861. The van der Waals surface area contributed by atoms with Gasteiger partial charge >= 0.3 is 0 Å². The molecule has 0 aliphatic carbocycles. The van der Waals surface area contributed by atoms with Crippen LogP contribution in [0.15, 0.2) is 36.0 Å². The van der Waals surface area contributed by atoms with E-state index in [9.17, 15) is 4.79 Å². The minimum Gasteiger partial charge on any atom is -0.337 e. The molecule has 1 heterocycles. The monoisotopic (exact) mass is 163 g/mol. The molecule has 2 nitrogen and oxygen atoms in total. The summed E-state index contributed by atoms with van der Waals surface area (Å²) in [5, 5.41) is 0. The van der Waals surface area contributed by atoms with Crippen LogP contribution >= 0.6 is 0 Å². The molecule has 0 N–H and O–H groups in total. The maximum absolute atomic E-state index is 11.4. The first kappa shape index (κ1) is 8.78. The van der Waals surface area contributed by atoms with E-state index in [1.165, 1.54) is 0 Å². The summed E-state index contributed by atoms with van der Waals surface area (Å²) in [7, 11) is 1.79. The highest BCUT2D eigenvalue weighted by molar-refractivity contribution is 6.00. The van der Waals surface area contributed by atoms with E-state index in [2.05, 4.69) is 6.58 Å². The fourth-order valence-electron chi connectivity index (χ4n) is 1.27. The van der Waals surface area contributed by atoms with Crippen molar-refractivity contribution >= 4 is 5.91 Å². The van der Waals surface area contributed by atoms with E-state index in [0.717, 1.165) is 11.1 Å². The number of amides is 1. The highest BCUT2D eigenvalue weighted by Crippen LogP contribution is 2.19. The molecule has 0 fully saturated rings. The van der Waals surface area contributed by atoms with Crippen molar-refractivity contribution in [1.82, 2.24) is 4.90 Å². The lowest BCUT2D eigenvalue weighted by atomic mass is 10.1. The van der Waals surface area contributed by atoms with Gasteiger partial charge in [0.25, 0.3) is 5.91 Å². The van der Waals surface area contributed by atoms with Crippen LogP contribution in [-0.2, 0) is 4.79 Å². The van der Waals surface area contributed by atoms with E-state index in [0.29, 0.717) is 6.54 Å². The Labute approximate surface area is 72.9 Å². The van der Waals surface area contributed by atoms with Gasteiger partial charge in [0.05, 0.1) is 0 Å². The Bertz CT molecular complexity index is 274. The largest absolute Gasteiger partial charge is 0.337 e. The minimum absolute atomic E-state index is 0.0861. The summed E-state index contributed by atoms with van der Waals surface area (Å²) in [6.07, 6.45) is 5.45. The van der Waals surface area contributed by atoms with Crippen LogP contribution in [0.25, 0.3) is 0 Å². The highest BCUT2D eigenvalue weighted by Gasteiger charge is 2.23. The SMILES string of the molecule is C=CC1=C(/C=C\C)C(=O)N(C)C1. The van der Waals surface area contributed by atoms with Crippen molar-refractivity contribution in [2.45, 2.75) is 6.92 Å². The van der Waals surface area contributed by atoms with E-state index in [1.54, 1.807) is 18.0 Å². The number of hydrogen-bond acceptors (Lipinski definition) is 1. The van der Waals surface area contributed by atoms with Crippen LogP contribution < -0.4 is 0 Å². The molecule has 0 aromatic heterocycles. The quantitative estimate of drug-likeness (QED) is 0.604. The predicted octanol–water partition coefficient (Wildman–Crippen LogP) is 1.52. The highest BCUT2D eigenvalue weighted by atomic mass is 16.2. The third-order valence-electron chi connectivity index (χ3n) is 1.91. The van der Waals surface area contributed by atoms with E-state index in [-0.39, 0.29) is 5.91 Å². The van der Waals surface area contributed by atoms with E-state index >= 15 is 0 Å². The second-order valence-electron chi connectivity index (χ2n) is 2.80. The summed E-state index contributed by atoms with van der Waals surface area (Å²) in [4.78, 5) is 13.1. The summed E-state index contributed by atoms with van der Waals surface area (Å²) >= 11 is 0. The first-order valence-electron chi connectivity index (χ1n) is 3.94. The maximum Gasteiger partial charge on any atom is 0.254 e. The molecule has 64 valence electrons. The zero-order valence-electron chi connectivity index (χ0n) is 7.50. The molecule has 2 heteroatoms. The molecule has 1 rings (SSSR count). The van der Waals surface area contributed by atoms with Crippen molar-refractivity contribution in [1.29, 1.82) is 0 Å². The van der Waals surface area contributed by atoms with Crippen molar-refractivity contribution in [3.05, 3.63) is 36.0 Å². The van der Waals surface area contributed by atoms with E-state index in [1.807, 2.05) is 19.1 Å². The summed E-state index contributed by atoms with van der Waals surface area (Å²) in [5.74, 6) is 0.0861. The van der Waals surface area contributed by atoms with Gasteiger partial charge in [-0.15, -0.1) is 0 Å². The molecule has 0 saturated heterocycles. The van der Waals surface area contributed by atoms with Crippen molar-refractivity contribution in [3.63, 3.8) is 0 Å². The molecule has 0 aromatic rings. The average Bonchev–Trinajstić information content (AvgIpc) is 2.33. The molecule has 0 saturated carbocycles. The van der Waals surface area contributed by atoms with Gasteiger partial charge in [-0.2, -0.15) is 0 Å². The third kappa shape index (κ3) is 1.33. The number of rotatable bonds is 2. The molecule has 0 bridgehead atoms. The first-order chi connectivity index (χ1) is 5.70. The van der Waals surface area contributed by atoms with Crippen molar-refractivity contribution < 1.29 is 4.79 Å². The van der Waals surface area contributed by atoms with Crippen LogP contribution in [0.4, 0.5) is 0 Å². The Kier molecular flexibility index (Phi) is 2.48. The zero-order chi connectivity index (χ0) is 9.14. The fourth-order valence-corrected chi connectivity index (χ4v) is 1.27. The molecular weight excluding hydrogens is 150 g/mol. The topological polar surface area (TPSA) is 20.3 Å². The van der Waals surface area contributed by atoms with E-state index in [4.69, 9.17) is 0 Å². The Balaban J connectivity index is 3.02. The number of nitrogens with zero attached hydrogens (tertiary/aromatic N) is 1. The van der Waals surface area contributed by atoms with Crippen LogP contribution in [0.2, 0.25) is 0 Å². The van der Waals surface area contributed by atoms with Crippen LogP contribution in [0.3, 0.4) is 0 Å². The number of likely N-dealkylation sites (N-methyl/N-ethyl adjacent to an activating group) is 1. The Morgan fingerprint density at radius 3 is 2.75 bits per heavy atom. The molecular formula is C10H13NO. The van der Waals surface area contributed by atoms with E-state index < -0.39 is 0 Å². The maximum atomic E-state index is 11.4. The summed E-state index contributed by atoms with van der Waals surface area (Å²) in [6.45, 7) is 6.26. The van der Waals surface area contributed by atoms with Crippen LogP contribution in [0, 0.1) is 0 Å². The van der Waals surface area contributed by atoms with Gasteiger partial charge in [0.2, 0.25) is 0 Å². The Morgan fingerprint density at radius 1 is 1.58 bits per heavy atom. The summed E-state index contributed by atoms with van der Waals surface area (Å²) < 4.78 is 0. The zero-order valence-corrected chi connectivity index (χ0v) is 7.50. The molecule has 0 unspecified atom stereocenters.